The minimum absolute atomic E-state index is 0.0522. The topological polar surface area (TPSA) is 84.0 Å². The van der Waals surface area contributed by atoms with Gasteiger partial charge < -0.3 is 14.4 Å². The number of nitrogens with zero attached hydrogens (tertiary/aromatic N) is 3. The number of rotatable bonds is 3. The first kappa shape index (κ1) is 16.0. The van der Waals surface area contributed by atoms with Crippen molar-refractivity contribution in [1.82, 2.24) is 4.40 Å². The van der Waals surface area contributed by atoms with E-state index in [-0.39, 0.29) is 17.7 Å². The lowest BCUT2D eigenvalue weighted by Gasteiger charge is -2.31. The monoisotopic (exact) mass is 327 g/mol. The van der Waals surface area contributed by atoms with Crippen LogP contribution in [0.15, 0.2) is 29.2 Å². The maximum Gasteiger partial charge on any atom is 0.342 e. The summed E-state index contributed by atoms with van der Waals surface area (Å²) in [4.78, 5) is 27.1. The van der Waals surface area contributed by atoms with Crippen LogP contribution >= 0.6 is 0 Å². The summed E-state index contributed by atoms with van der Waals surface area (Å²) < 4.78 is 11.8. The van der Waals surface area contributed by atoms with Crippen LogP contribution < -0.4 is 10.5 Å². The lowest BCUT2D eigenvalue weighted by molar-refractivity contribution is 0.0528. The number of esters is 1. The molecule has 0 aliphatic carbocycles. The molecular formula is C17H17N3O4. The number of nitriles is 1. The van der Waals surface area contributed by atoms with Crippen LogP contribution in [-0.4, -0.2) is 43.3 Å². The Labute approximate surface area is 138 Å². The highest BCUT2D eigenvalue weighted by Gasteiger charge is 2.28. The van der Waals surface area contributed by atoms with Crippen LogP contribution in [-0.2, 0) is 9.47 Å². The molecule has 0 atom stereocenters. The number of carbonyl (C=O) groups is 1. The molecule has 0 unspecified atom stereocenters. The Bertz CT molecular complexity index is 876. The Kier molecular flexibility index (Phi) is 4.49. The molecule has 1 aliphatic rings. The van der Waals surface area contributed by atoms with Crippen LogP contribution in [0.5, 0.6) is 0 Å². The zero-order valence-corrected chi connectivity index (χ0v) is 13.3. The number of morpholine rings is 1. The molecule has 24 heavy (non-hydrogen) atoms. The van der Waals surface area contributed by atoms with Crippen molar-refractivity contribution in [2.75, 3.05) is 37.8 Å². The first-order valence-electron chi connectivity index (χ1n) is 7.76. The normalized spacial score (nSPS) is 14.4. The molecular weight excluding hydrogens is 310 g/mol. The summed E-state index contributed by atoms with van der Waals surface area (Å²) in [5.74, 6) is -0.542. The molecule has 0 N–H and O–H groups in total. The van der Waals surface area contributed by atoms with Crippen molar-refractivity contribution < 1.29 is 14.3 Å². The Balaban J connectivity index is 2.37. The summed E-state index contributed by atoms with van der Waals surface area (Å²) in [5, 5.41) is 9.55. The summed E-state index contributed by atoms with van der Waals surface area (Å²) in [6, 6.07) is 7.07. The van der Waals surface area contributed by atoms with Gasteiger partial charge in [0.2, 0.25) is 0 Å². The molecule has 3 rings (SSSR count). The number of hydrogen-bond donors (Lipinski definition) is 0. The van der Waals surface area contributed by atoms with Gasteiger partial charge in [0.15, 0.2) is 0 Å². The highest BCUT2D eigenvalue weighted by atomic mass is 16.5. The number of hydrogen-bond acceptors (Lipinski definition) is 6. The zero-order chi connectivity index (χ0) is 17.1. The van der Waals surface area contributed by atoms with Gasteiger partial charge in [-0.25, -0.2) is 4.79 Å². The summed E-state index contributed by atoms with van der Waals surface area (Å²) in [7, 11) is 0. The van der Waals surface area contributed by atoms with E-state index in [9.17, 15) is 14.9 Å². The van der Waals surface area contributed by atoms with Crippen molar-refractivity contribution in [3.8, 4) is 6.07 Å². The van der Waals surface area contributed by atoms with E-state index >= 15 is 0 Å². The number of fused-ring (bicyclic) bond motifs is 1. The van der Waals surface area contributed by atoms with Crippen molar-refractivity contribution in [3.63, 3.8) is 0 Å². The minimum Gasteiger partial charge on any atom is -0.462 e. The number of pyridine rings is 2. The lowest BCUT2D eigenvalue weighted by atomic mass is 10.1. The lowest BCUT2D eigenvalue weighted by Crippen LogP contribution is -2.39. The molecule has 1 fully saturated rings. The fourth-order valence-corrected chi connectivity index (χ4v) is 2.90. The van der Waals surface area contributed by atoms with E-state index in [2.05, 4.69) is 0 Å². The third-order valence-electron chi connectivity index (χ3n) is 3.94. The van der Waals surface area contributed by atoms with E-state index in [4.69, 9.17) is 9.47 Å². The number of anilines is 1. The fourth-order valence-electron chi connectivity index (χ4n) is 2.90. The van der Waals surface area contributed by atoms with Crippen LogP contribution in [0, 0.1) is 11.3 Å². The van der Waals surface area contributed by atoms with E-state index in [1.54, 1.807) is 31.3 Å². The first-order valence-corrected chi connectivity index (χ1v) is 7.76. The second kappa shape index (κ2) is 6.72. The Morgan fingerprint density at radius 3 is 2.79 bits per heavy atom. The number of ether oxygens (including phenoxy) is 2. The van der Waals surface area contributed by atoms with Gasteiger partial charge in [-0.1, -0.05) is 6.07 Å². The molecule has 0 bridgehead atoms. The van der Waals surface area contributed by atoms with Gasteiger partial charge >= 0.3 is 5.97 Å². The van der Waals surface area contributed by atoms with Crippen molar-refractivity contribution >= 4 is 17.2 Å². The van der Waals surface area contributed by atoms with Crippen LogP contribution in [0.2, 0.25) is 0 Å². The highest BCUT2D eigenvalue weighted by Crippen LogP contribution is 2.28. The van der Waals surface area contributed by atoms with E-state index in [0.29, 0.717) is 37.5 Å². The summed E-state index contributed by atoms with van der Waals surface area (Å²) >= 11 is 0. The summed E-state index contributed by atoms with van der Waals surface area (Å²) in [6.45, 7) is 3.88. The largest absolute Gasteiger partial charge is 0.462 e. The van der Waals surface area contributed by atoms with Gasteiger partial charge in [0.1, 0.15) is 17.2 Å². The van der Waals surface area contributed by atoms with Crippen LogP contribution in [0.4, 0.5) is 5.69 Å². The van der Waals surface area contributed by atoms with Gasteiger partial charge in [-0.05, 0) is 19.1 Å². The molecule has 7 nitrogen and oxygen atoms in total. The summed E-state index contributed by atoms with van der Waals surface area (Å²) in [6.07, 6.45) is 1.55. The molecule has 2 aromatic rings. The highest BCUT2D eigenvalue weighted by molar-refractivity contribution is 6.04. The second-order valence-electron chi connectivity index (χ2n) is 5.29. The molecule has 0 amide bonds. The van der Waals surface area contributed by atoms with Crippen molar-refractivity contribution in [2.45, 2.75) is 6.92 Å². The Morgan fingerprint density at radius 1 is 1.38 bits per heavy atom. The van der Waals surface area contributed by atoms with Crippen LogP contribution in [0.25, 0.3) is 5.52 Å². The molecule has 0 aromatic carbocycles. The molecule has 0 radical (unpaired) electrons. The zero-order valence-electron chi connectivity index (χ0n) is 13.3. The van der Waals surface area contributed by atoms with E-state index < -0.39 is 11.5 Å². The predicted octanol–water partition coefficient (Wildman–Crippen LogP) is 1.18. The van der Waals surface area contributed by atoms with Gasteiger partial charge in [-0.3, -0.25) is 9.20 Å². The third kappa shape index (κ3) is 2.61. The van der Waals surface area contributed by atoms with Gasteiger partial charge in [0.25, 0.3) is 5.56 Å². The fraction of sp³-hybridized carbons (Fsp3) is 0.353. The van der Waals surface area contributed by atoms with Gasteiger partial charge in [0, 0.05) is 19.3 Å². The average molecular weight is 327 g/mol. The second-order valence-corrected chi connectivity index (χ2v) is 5.29. The maximum atomic E-state index is 12.7. The van der Waals surface area contributed by atoms with E-state index in [0.717, 1.165) is 0 Å². The molecule has 124 valence electrons. The predicted molar refractivity (Wildman–Crippen MR) is 87.4 cm³/mol. The van der Waals surface area contributed by atoms with Gasteiger partial charge in [0.05, 0.1) is 31.0 Å². The average Bonchev–Trinajstić information content (AvgIpc) is 2.62. The Morgan fingerprint density at radius 2 is 2.12 bits per heavy atom. The van der Waals surface area contributed by atoms with Crippen molar-refractivity contribution in [1.29, 1.82) is 5.26 Å². The molecule has 0 saturated carbocycles. The molecule has 2 aromatic heterocycles. The number of aromatic nitrogens is 1. The molecule has 3 heterocycles. The van der Waals surface area contributed by atoms with E-state index in [1.807, 2.05) is 11.0 Å². The quantitative estimate of drug-likeness (QED) is 0.787. The van der Waals surface area contributed by atoms with Gasteiger partial charge in [-0.2, -0.15) is 5.26 Å². The Hall–Kier alpha value is -2.85. The summed E-state index contributed by atoms with van der Waals surface area (Å²) in [5.41, 5.74) is 0.527. The first-order chi connectivity index (χ1) is 11.7. The molecule has 7 heteroatoms. The SMILES string of the molecule is CCOC(=O)c1c(N2CCOCC2)c(C#N)c(=O)n2ccccc12. The van der Waals surface area contributed by atoms with Gasteiger partial charge in [-0.15, -0.1) is 0 Å². The van der Waals surface area contributed by atoms with Crippen molar-refractivity contribution in [2.24, 2.45) is 0 Å². The van der Waals surface area contributed by atoms with Crippen molar-refractivity contribution in [3.05, 3.63) is 45.9 Å². The van der Waals surface area contributed by atoms with Crippen LogP contribution in [0.3, 0.4) is 0 Å². The smallest absolute Gasteiger partial charge is 0.342 e. The molecule has 1 saturated heterocycles. The van der Waals surface area contributed by atoms with Crippen LogP contribution in [0.1, 0.15) is 22.8 Å². The molecule has 1 aliphatic heterocycles. The maximum absolute atomic E-state index is 12.7. The molecule has 0 spiro atoms. The number of carbonyl (C=O) groups excluding carboxylic acids is 1. The van der Waals surface area contributed by atoms with E-state index in [1.165, 1.54) is 4.40 Å². The minimum atomic E-state index is -0.542. The third-order valence-corrected chi connectivity index (χ3v) is 3.94. The standard InChI is InChI=1S/C17H17N3O4/c1-2-24-17(22)14-13-5-3-4-6-20(13)16(21)12(11-18)15(14)19-7-9-23-10-8-19/h3-6H,2,7-10H2,1H3.